The molecule has 1 aromatic rings. The van der Waals surface area contributed by atoms with E-state index >= 15 is 0 Å². The Bertz CT molecular complexity index is 404. The lowest BCUT2D eigenvalue weighted by atomic mass is 10.2. The Hall–Kier alpha value is -1.75. The van der Waals surface area contributed by atoms with Crippen LogP contribution >= 0.6 is 0 Å². The largest absolute Gasteiger partial charge is 0.492 e. The number of guanidine groups is 1. The highest BCUT2D eigenvalue weighted by atomic mass is 16.5. The van der Waals surface area contributed by atoms with Crippen molar-refractivity contribution in [1.29, 1.82) is 0 Å². The van der Waals surface area contributed by atoms with E-state index in [0.717, 1.165) is 37.9 Å². The number of hydrogen-bond donors (Lipinski definition) is 2. The lowest BCUT2D eigenvalue weighted by Gasteiger charge is -2.12. The number of hydrogen-bond acceptors (Lipinski definition) is 3. The van der Waals surface area contributed by atoms with Gasteiger partial charge >= 0.3 is 0 Å². The molecule has 1 rings (SSSR count). The van der Waals surface area contributed by atoms with Gasteiger partial charge in [-0.25, -0.2) is 0 Å². The van der Waals surface area contributed by atoms with Crippen LogP contribution in [0.5, 0.6) is 5.75 Å². The zero-order valence-corrected chi connectivity index (χ0v) is 13.3. The van der Waals surface area contributed by atoms with Gasteiger partial charge in [-0.2, -0.15) is 0 Å². The molecule has 0 saturated heterocycles. The molecule has 0 amide bonds. The minimum atomic E-state index is 0.600. The summed E-state index contributed by atoms with van der Waals surface area (Å²) in [5.74, 6) is 1.68. The maximum absolute atomic E-state index is 5.65. The molecular weight excluding hydrogens is 266 g/mol. The highest BCUT2D eigenvalue weighted by molar-refractivity contribution is 5.79. The standard InChI is InChI=1S/C16H27N3O2/c1-4-20-12-5-10-18-16(17-3)19-11-13-21-15-8-6-14(2)7-9-15/h6-9H,4-5,10-13H2,1-3H3,(H2,17,18,19). The molecule has 118 valence electrons. The summed E-state index contributed by atoms with van der Waals surface area (Å²) in [5, 5.41) is 6.45. The van der Waals surface area contributed by atoms with E-state index in [1.54, 1.807) is 7.05 Å². The Morgan fingerprint density at radius 1 is 1.10 bits per heavy atom. The van der Waals surface area contributed by atoms with Crippen molar-refractivity contribution in [1.82, 2.24) is 10.6 Å². The second kappa shape index (κ2) is 11.0. The van der Waals surface area contributed by atoms with Crippen LogP contribution in [0.3, 0.4) is 0 Å². The van der Waals surface area contributed by atoms with Gasteiger partial charge in [0.2, 0.25) is 0 Å². The molecule has 0 atom stereocenters. The molecule has 5 heteroatoms. The van der Waals surface area contributed by atoms with E-state index in [4.69, 9.17) is 9.47 Å². The molecule has 0 radical (unpaired) electrons. The molecule has 0 aliphatic carbocycles. The first kappa shape index (κ1) is 17.3. The van der Waals surface area contributed by atoms with Crippen LogP contribution in [0, 0.1) is 6.92 Å². The summed E-state index contributed by atoms with van der Waals surface area (Å²) < 4.78 is 10.9. The van der Waals surface area contributed by atoms with Gasteiger partial charge in [0.05, 0.1) is 6.54 Å². The monoisotopic (exact) mass is 293 g/mol. The van der Waals surface area contributed by atoms with E-state index < -0.39 is 0 Å². The molecule has 1 aromatic carbocycles. The van der Waals surface area contributed by atoms with Gasteiger partial charge in [-0.3, -0.25) is 4.99 Å². The lowest BCUT2D eigenvalue weighted by molar-refractivity contribution is 0.145. The molecule has 21 heavy (non-hydrogen) atoms. The number of aryl methyl sites for hydroxylation is 1. The van der Waals surface area contributed by atoms with Gasteiger partial charge < -0.3 is 20.1 Å². The molecule has 0 bridgehead atoms. The number of rotatable bonds is 9. The normalized spacial score (nSPS) is 11.3. The number of nitrogens with one attached hydrogen (secondary N) is 2. The molecule has 0 aliphatic heterocycles. The fourth-order valence-corrected chi connectivity index (χ4v) is 1.72. The van der Waals surface area contributed by atoms with Gasteiger partial charge in [0.15, 0.2) is 5.96 Å². The molecular formula is C16H27N3O2. The van der Waals surface area contributed by atoms with Crippen LogP contribution in [0.1, 0.15) is 18.9 Å². The van der Waals surface area contributed by atoms with Gasteiger partial charge in [0.1, 0.15) is 12.4 Å². The zero-order valence-electron chi connectivity index (χ0n) is 13.3. The number of benzene rings is 1. The summed E-state index contributed by atoms with van der Waals surface area (Å²) >= 11 is 0. The van der Waals surface area contributed by atoms with Gasteiger partial charge in [-0.05, 0) is 32.4 Å². The van der Waals surface area contributed by atoms with E-state index in [9.17, 15) is 0 Å². The smallest absolute Gasteiger partial charge is 0.191 e. The van der Waals surface area contributed by atoms with Crippen LogP contribution in [0.4, 0.5) is 0 Å². The van der Waals surface area contributed by atoms with Gasteiger partial charge in [-0.1, -0.05) is 17.7 Å². The minimum Gasteiger partial charge on any atom is -0.492 e. The van der Waals surface area contributed by atoms with E-state index in [-0.39, 0.29) is 0 Å². The Morgan fingerprint density at radius 3 is 2.48 bits per heavy atom. The fourth-order valence-electron chi connectivity index (χ4n) is 1.72. The third-order valence-corrected chi connectivity index (χ3v) is 2.87. The van der Waals surface area contributed by atoms with Crippen molar-refractivity contribution < 1.29 is 9.47 Å². The molecule has 0 aliphatic rings. The van der Waals surface area contributed by atoms with Crippen molar-refractivity contribution in [3.63, 3.8) is 0 Å². The average Bonchev–Trinajstić information content (AvgIpc) is 2.51. The molecule has 0 heterocycles. The minimum absolute atomic E-state index is 0.600. The second-order valence-corrected chi connectivity index (χ2v) is 4.64. The third kappa shape index (κ3) is 8.19. The van der Waals surface area contributed by atoms with Crippen molar-refractivity contribution >= 4 is 5.96 Å². The molecule has 0 saturated carbocycles. The molecule has 0 unspecified atom stereocenters. The summed E-state index contributed by atoms with van der Waals surface area (Å²) in [5.41, 5.74) is 1.23. The predicted octanol–water partition coefficient (Wildman–Crippen LogP) is 1.97. The van der Waals surface area contributed by atoms with E-state index in [1.165, 1.54) is 5.56 Å². The first-order valence-corrected chi connectivity index (χ1v) is 7.48. The Kier molecular flexibility index (Phi) is 9.04. The van der Waals surface area contributed by atoms with Crippen molar-refractivity contribution in [2.75, 3.05) is 40.0 Å². The van der Waals surface area contributed by atoms with Crippen molar-refractivity contribution in [3.8, 4) is 5.75 Å². The van der Waals surface area contributed by atoms with Crippen LogP contribution in [-0.2, 0) is 4.74 Å². The van der Waals surface area contributed by atoms with Crippen LogP contribution in [0.15, 0.2) is 29.3 Å². The van der Waals surface area contributed by atoms with Crippen LogP contribution in [0.2, 0.25) is 0 Å². The highest BCUT2D eigenvalue weighted by Crippen LogP contribution is 2.10. The van der Waals surface area contributed by atoms with E-state index in [1.807, 2.05) is 31.2 Å². The summed E-state index contributed by atoms with van der Waals surface area (Å²) in [6, 6.07) is 8.05. The average molecular weight is 293 g/mol. The first-order chi connectivity index (χ1) is 10.3. The number of ether oxygens (including phenoxy) is 2. The summed E-state index contributed by atoms with van der Waals surface area (Å²) in [7, 11) is 1.76. The zero-order chi connectivity index (χ0) is 15.3. The second-order valence-electron chi connectivity index (χ2n) is 4.64. The molecule has 0 fully saturated rings. The molecule has 0 aromatic heterocycles. The molecule has 5 nitrogen and oxygen atoms in total. The van der Waals surface area contributed by atoms with Crippen LogP contribution in [-0.4, -0.2) is 45.9 Å². The topological polar surface area (TPSA) is 54.9 Å². The molecule has 2 N–H and O–H groups in total. The maximum atomic E-state index is 5.65. The Morgan fingerprint density at radius 2 is 1.81 bits per heavy atom. The summed E-state index contributed by atoms with van der Waals surface area (Å²) in [6.07, 6.45) is 0.967. The van der Waals surface area contributed by atoms with E-state index in [2.05, 4.69) is 22.5 Å². The first-order valence-electron chi connectivity index (χ1n) is 7.48. The SMILES string of the molecule is CCOCCCNC(=NC)NCCOc1ccc(C)cc1. The van der Waals surface area contributed by atoms with Gasteiger partial charge in [0, 0.05) is 26.8 Å². The van der Waals surface area contributed by atoms with Crippen LogP contribution < -0.4 is 15.4 Å². The molecule has 0 spiro atoms. The highest BCUT2D eigenvalue weighted by Gasteiger charge is 1.97. The van der Waals surface area contributed by atoms with Crippen molar-refractivity contribution in [2.45, 2.75) is 20.3 Å². The lowest BCUT2D eigenvalue weighted by Crippen LogP contribution is -2.39. The predicted molar refractivity (Wildman–Crippen MR) is 87.1 cm³/mol. The quantitative estimate of drug-likeness (QED) is 0.415. The maximum Gasteiger partial charge on any atom is 0.191 e. The fraction of sp³-hybridized carbons (Fsp3) is 0.562. The van der Waals surface area contributed by atoms with Gasteiger partial charge in [0.25, 0.3) is 0 Å². The Labute approximate surface area is 127 Å². The number of aliphatic imine (C=N–C) groups is 1. The Balaban J connectivity index is 2.10. The van der Waals surface area contributed by atoms with Crippen molar-refractivity contribution in [3.05, 3.63) is 29.8 Å². The summed E-state index contributed by atoms with van der Waals surface area (Å²) in [4.78, 5) is 4.16. The van der Waals surface area contributed by atoms with E-state index in [0.29, 0.717) is 13.2 Å². The summed E-state index contributed by atoms with van der Waals surface area (Å²) in [6.45, 7) is 7.76. The number of nitrogens with zero attached hydrogens (tertiary/aromatic N) is 1. The van der Waals surface area contributed by atoms with Crippen LogP contribution in [0.25, 0.3) is 0 Å². The van der Waals surface area contributed by atoms with Gasteiger partial charge in [-0.15, -0.1) is 0 Å². The third-order valence-electron chi connectivity index (χ3n) is 2.87. The van der Waals surface area contributed by atoms with Crippen molar-refractivity contribution in [2.24, 2.45) is 4.99 Å².